The number of nitrogens with zero attached hydrogens (tertiary/aromatic N) is 2. The molecule has 0 aromatic heterocycles. The van der Waals surface area contributed by atoms with E-state index >= 15 is 0 Å². The van der Waals surface area contributed by atoms with E-state index in [1.807, 2.05) is 6.92 Å². The third kappa shape index (κ3) is 7.76. The molecule has 1 amide bonds. The number of unbranched alkanes of at least 4 members (excludes halogenated alkanes) is 2. The van der Waals surface area contributed by atoms with E-state index in [0.717, 1.165) is 25.0 Å². The summed E-state index contributed by atoms with van der Waals surface area (Å²) in [7, 11) is -8.52. The Hall–Kier alpha value is -1.10. The van der Waals surface area contributed by atoms with Crippen LogP contribution in [0.5, 0.6) is 0 Å². The molecule has 0 spiro atoms. The van der Waals surface area contributed by atoms with Gasteiger partial charge in [0.2, 0.25) is 10.0 Å². The molecular weight excluding hydrogens is 392 g/mol. The SMILES string of the molecule is C=CCS(=O)(=O)N(CCCl)N(C(=O)OCCCCC)S(=O)(=O)CC=C. The van der Waals surface area contributed by atoms with Crippen molar-refractivity contribution in [1.29, 1.82) is 0 Å². The van der Waals surface area contributed by atoms with Gasteiger partial charge >= 0.3 is 6.09 Å². The van der Waals surface area contributed by atoms with Gasteiger partial charge in [0.25, 0.3) is 10.0 Å². The highest BCUT2D eigenvalue weighted by Crippen LogP contribution is 2.16. The number of carbonyl (C=O) groups is 1. The largest absolute Gasteiger partial charge is 0.448 e. The van der Waals surface area contributed by atoms with Crippen molar-refractivity contribution in [3.8, 4) is 0 Å². The number of ether oxygens (including phenoxy) is 1. The summed E-state index contributed by atoms with van der Waals surface area (Å²) in [5, 5.41) is 0. The number of halogens is 1. The van der Waals surface area contributed by atoms with E-state index in [4.69, 9.17) is 16.3 Å². The minimum Gasteiger partial charge on any atom is -0.448 e. The number of hydrogen-bond donors (Lipinski definition) is 0. The number of alkyl halides is 1. The lowest BCUT2D eigenvalue weighted by atomic mass is 10.3. The Balaban J connectivity index is 5.78. The number of amides is 1. The summed E-state index contributed by atoms with van der Waals surface area (Å²) in [4.78, 5) is 12.3. The molecule has 0 aliphatic carbocycles. The first-order valence-corrected chi connectivity index (χ1v) is 11.4. The summed E-state index contributed by atoms with van der Waals surface area (Å²) >= 11 is 5.60. The molecule has 8 nitrogen and oxygen atoms in total. The van der Waals surface area contributed by atoms with Crippen molar-refractivity contribution < 1.29 is 26.4 Å². The lowest BCUT2D eigenvalue weighted by Gasteiger charge is -2.31. The summed E-state index contributed by atoms with van der Waals surface area (Å²) in [5.74, 6) is -1.42. The fourth-order valence-corrected chi connectivity index (χ4v) is 4.86. The van der Waals surface area contributed by atoms with E-state index in [1.54, 1.807) is 0 Å². The molecule has 0 fully saturated rings. The summed E-state index contributed by atoms with van der Waals surface area (Å²) in [6.45, 7) is 8.14. The second kappa shape index (κ2) is 11.5. The van der Waals surface area contributed by atoms with Gasteiger partial charge in [-0.15, -0.1) is 29.2 Å². The number of rotatable bonds is 13. The fourth-order valence-electron chi connectivity index (χ4n) is 1.78. The predicted molar refractivity (Wildman–Crippen MR) is 98.1 cm³/mol. The van der Waals surface area contributed by atoms with Crippen LogP contribution in [0, 0.1) is 0 Å². The van der Waals surface area contributed by atoms with E-state index in [2.05, 4.69) is 13.2 Å². The maximum atomic E-state index is 12.4. The van der Waals surface area contributed by atoms with E-state index in [9.17, 15) is 21.6 Å². The molecule has 25 heavy (non-hydrogen) atoms. The Morgan fingerprint density at radius 3 is 2.12 bits per heavy atom. The molecule has 11 heteroatoms. The Morgan fingerprint density at radius 2 is 1.64 bits per heavy atom. The number of carbonyl (C=O) groups excluding carboxylic acids is 1. The number of hydrogen-bond acceptors (Lipinski definition) is 6. The maximum absolute atomic E-state index is 12.4. The Bertz CT molecular complexity index is 648. The first kappa shape index (κ1) is 23.9. The van der Waals surface area contributed by atoms with Crippen LogP contribution in [-0.2, 0) is 24.8 Å². The average molecular weight is 417 g/mol. The standard InChI is InChI=1S/C14H25ClN2O6S2/c1-4-7-8-11-23-14(18)17(25(21,22)13-6-3)16(10-9-15)24(19,20)12-5-2/h5-6H,2-4,7-13H2,1H3. The van der Waals surface area contributed by atoms with Crippen molar-refractivity contribution in [1.82, 2.24) is 8.83 Å². The average Bonchev–Trinajstić information content (AvgIpc) is 2.50. The Labute approximate surface area is 155 Å². The molecular formula is C14H25ClN2O6S2. The van der Waals surface area contributed by atoms with Crippen LogP contribution in [0.4, 0.5) is 4.79 Å². The molecule has 0 unspecified atom stereocenters. The molecule has 146 valence electrons. The molecule has 0 N–H and O–H groups in total. The zero-order valence-corrected chi connectivity index (χ0v) is 16.7. The van der Waals surface area contributed by atoms with Crippen LogP contribution >= 0.6 is 11.6 Å². The predicted octanol–water partition coefficient (Wildman–Crippen LogP) is 2.10. The smallest absolute Gasteiger partial charge is 0.439 e. The first-order chi connectivity index (χ1) is 11.7. The first-order valence-electron chi connectivity index (χ1n) is 7.65. The second-order valence-corrected chi connectivity index (χ2v) is 9.07. The maximum Gasteiger partial charge on any atom is 0.439 e. The summed E-state index contributed by atoms with van der Waals surface area (Å²) in [6.07, 6.45) is 3.03. The quantitative estimate of drug-likeness (QED) is 0.197. The van der Waals surface area contributed by atoms with Crippen LogP contribution in [-0.4, -0.2) is 62.3 Å². The Morgan fingerprint density at radius 1 is 1.08 bits per heavy atom. The van der Waals surface area contributed by atoms with Crippen LogP contribution in [0.3, 0.4) is 0 Å². The number of sulfonamides is 2. The van der Waals surface area contributed by atoms with Crippen molar-refractivity contribution in [2.45, 2.75) is 26.2 Å². The molecule has 0 saturated carbocycles. The fraction of sp³-hybridized carbons (Fsp3) is 0.643. The van der Waals surface area contributed by atoms with Gasteiger partial charge in [0.15, 0.2) is 0 Å². The third-order valence-corrected chi connectivity index (χ3v) is 6.30. The lowest BCUT2D eigenvalue weighted by molar-refractivity contribution is 0.0820. The lowest BCUT2D eigenvalue weighted by Crippen LogP contribution is -2.54. The monoisotopic (exact) mass is 416 g/mol. The molecule has 0 aliphatic rings. The molecule has 0 bridgehead atoms. The zero-order chi connectivity index (χ0) is 19.5. The van der Waals surface area contributed by atoms with Crippen LogP contribution < -0.4 is 0 Å². The van der Waals surface area contributed by atoms with E-state index in [1.165, 1.54) is 0 Å². The summed E-state index contributed by atoms with van der Waals surface area (Å²) in [5.41, 5.74) is 0. The minimum absolute atomic E-state index is 0.0248. The van der Waals surface area contributed by atoms with Gasteiger partial charge in [-0.25, -0.2) is 21.6 Å². The second-order valence-electron chi connectivity index (χ2n) is 4.93. The van der Waals surface area contributed by atoms with Gasteiger partial charge in [0.1, 0.15) is 0 Å². The molecule has 0 heterocycles. The van der Waals surface area contributed by atoms with Crippen LogP contribution in [0.15, 0.2) is 25.3 Å². The van der Waals surface area contributed by atoms with Crippen molar-refractivity contribution in [2.75, 3.05) is 30.5 Å². The van der Waals surface area contributed by atoms with Gasteiger partial charge < -0.3 is 4.74 Å². The van der Waals surface area contributed by atoms with Crippen molar-refractivity contribution in [3.05, 3.63) is 25.3 Å². The van der Waals surface area contributed by atoms with Gasteiger partial charge in [-0.3, -0.25) is 0 Å². The molecule has 0 aliphatic heterocycles. The van der Waals surface area contributed by atoms with Crippen LogP contribution in [0.25, 0.3) is 0 Å². The van der Waals surface area contributed by atoms with E-state index in [-0.39, 0.29) is 16.9 Å². The molecule has 0 radical (unpaired) electrons. The molecule has 0 atom stereocenters. The van der Waals surface area contributed by atoms with Gasteiger partial charge in [0.05, 0.1) is 18.1 Å². The molecule has 0 aromatic carbocycles. The van der Waals surface area contributed by atoms with Crippen LogP contribution in [0.1, 0.15) is 26.2 Å². The van der Waals surface area contributed by atoms with Crippen molar-refractivity contribution in [3.63, 3.8) is 0 Å². The van der Waals surface area contributed by atoms with Crippen molar-refractivity contribution >= 4 is 37.7 Å². The highest BCUT2D eigenvalue weighted by molar-refractivity contribution is 7.92. The van der Waals surface area contributed by atoms with E-state index < -0.39 is 44.2 Å². The highest BCUT2D eigenvalue weighted by atomic mass is 35.5. The van der Waals surface area contributed by atoms with Crippen LogP contribution in [0.2, 0.25) is 0 Å². The topological polar surface area (TPSA) is 101 Å². The minimum atomic E-state index is -4.34. The molecule has 0 saturated heterocycles. The molecule has 0 aromatic rings. The zero-order valence-electron chi connectivity index (χ0n) is 14.3. The van der Waals surface area contributed by atoms with Crippen molar-refractivity contribution in [2.24, 2.45) is 0 Å². The van der Waals surface area contributed by atoms with Gasteiger partial charge in [-0.2, -0.15) is 0 Å². The Kier molecular flexibility index (Phi) is 11.0. The summed E-state index contributed by atoms with van der Waals surface area (Å²) < 4.78 is 55.0. The summed E-state index contributed by atoms with van der Waals surface area (Å²) in [6, 6.07) is 0. The molecule has 0 rings (SSSR count). The third-order valence-electron chi connectivity index (χ3n) is 2.85. The number of hydrazine groups is 1. The normalized spacial score (nSPS) is 12.0. The van der Waals surface area contributed by atoms with Gasteiger partial charge in [0, 0.05) is 12.4 Å². The highest BCUT2D eigenvalue weighted by Gasteiger charge is 2.39. The van der Waals surface area contributed by atoms with Gasteiger partial charge in [-0.05, 0) is 6.42 Å². The van der Waals surface area contributed by atoms with Gasteiger partial charge in [-0.1, -0.05) is 36.3 Å². The van der Waals surface area contributed by atoms with E-state index in [0.29, 0.717) is 10.8 Å².